The lowest BCUT2D eigenvalue weighted by Gasteiger charge is -2.18. The SMILES string of the molecule is C[C@H](OCC1CC1)C(=O)NS(=O)(=O)c1ccc2c(c1)CCC(=O)N2. The molecule has 1 aromatic carbocycles. The molecule has 1 atom stereocenters. The van der Waals surface area contributed by atoms with Crippen LogP contribution in [0.2, 0.25) is 0 Å². The van der Waals surface area contributed by atoms with Gasteiger partial charge in [-0.2, -0.15) is 0 Å². The predicted molar refractivity (Wildman–Crippen MR) is 86.9 cm³/mol. The zero-order chi connectivity index (χ0) is 17.3. The molecule has 1 aliphatic carbocycles. The summed E-state index contributed by atoms with van der Waals surface area (Å²) in [4.78, 5) is 23.4. The molecule has 7 nitrogen and oxygen atoms in total. The summed E-state index contributed by atoms with van der Waals surface area (Å²) < 4.78 is 32.2. The van der Waals surface area contributed by atoms with E-state index >= 15 is 0 Å². The smallest absolute Gasteiger partial charge is 0.264 e. The largest absolute Gasteiger partial charge is 0.368 e. The van der Waals surface area contributed by atoms with Crippen LogP contribution >= 0.6 is 0 Å². The van der Waals surface area contributed by atoms with Gasteiger partial charge in [-0.3, -0.25) is 9.59 Å². The molecule has 130 valence electrons. The van der Waals surface area contributed by atoms with Crippen molar-refractivity contribution >= 4 is 27.5 Å². The van der Waals surface area contributed by atoms with Crippen LogP contribution in [-0.4, -0.2) is 32.9 Å². The molecule has 2 aliphatic rings. The molecule has 0 unspecified atom stereocenters. The summed E-state index contributed by atoms with van der Waals surface area (Å²) in [5.74, 6) is -0.276. The number of fused-ring (bicyclic) bond motifs is 1. The van der Waals surface area contributed by atoms with Gasteiger partial charge in [-0.25, -0.2) is 13.1 Å². The van der Waals surface area contributed by atoms with Crippen molar-refractivity contribution in [2.75, 3.05) is 11.9 Å². The van der Waals surface area contributed by atoms with Crippen molar-refractivity contribution in [3.05, 3.63) is 23.8 Å². The molecule has 24 heavy (non-hydrogen) atoms. The van der Waals surface area contributed by atoms with Crippen molar-refractivity contribution in [1.29, 1.82) is 0 Å². The highest BCUT2D eigenvalue weighted by Crippen LogP contribution is 2.29. The minimum absolute atomic E-state index is 0.000131. The number of carbonyl (C=O) groups is 2. The second-order valence-corrected chi connectivity index (χ2v) is 7.94. The Morgan fingerprint density at radius 2 is 2.12 bits per heavy atom. The van der Waals surface area contributed by atoms with Gasteiger partial charge in [0.05, 0.1) is 11.5 Å². The standard InChI is InChI=1S/C16H20N2O5S/c1-10(23-9-11-2-3-11)16(20)18-24(21,22)13-5-6-14-12(8-13)4-7-15(19)17-14/h5-6,8,10-11H,2-4,7,9H2,1H3,(H,17,19)(H,18,20)/t10-/m0/s1. The van der Waals surface area contributed by atoms with E-state index in [0.29, 0.717) is 31.1 Å². The van der Waals surface area contributed by atoms with Crippen molar-refractivity contribution in [3.63, 3.8) is 0 Å². The summed E-state index contributed by atoms with van der Waals surface area (Å²) >= 11 is 0. The number of carbonyl (C=O) groups excluding carboxylic acids is 2. The molecule has 1 heterocycles. The normalized spacial score (nSPS) is 18.5. The lowest BCUT2D eigenvalue weighted by molar-refractivity contribution is -0.130. The molecule has 0 radical (unpaired) electrons. The average molecular weight is 352 g/mol. The van der Waals surface area contributed by atoms with Crippen LogP contribution in [0.4, 0.5) is 5.69 Å². The van der Waals surface area contributed by atoms with E-state index in [-0.39, 0.29) is 10.8 Å². The Bertz CT molecular complexity index is 771. The molecule has 0 spiro atoms. The van der Waals surface area contributed by atoms with E-state index in [9.17, 15) is 18.0 Å². The fourth-order valence-electron chi connectivity index (χ4n) is 2.44. The number of nitrogens with one attached hydrogen (secondary N) is 2. The van der Waals surface area contributed by atoms with E-state index < -0.39 is 22.0 Å². The Balaban J connectivity index is 1.68. The van der Waals surface area contributed by atoms with Crippen LogP contribution in [0.3, 0.4) is 0 Å². The molecule has 2 N–H and O–H groups in total. The number of amides is 2. The Morgan fingerprint density at radius 3 is 2.83 bits per heavy atom. The molecule has 0 saturated heterocycles. The van der Waals surface area contributed by atoms with Crippen LogP contribution in [0.15, 0.2) is 23.1 Å². The molecule has 0 aromatic heterocycles. The maximum Gasteiger partial charge on any atom is 0.264 e. The number of sulfonamides is 1. The van der Waals surface area contributed by atoms with Crippen LogP contribution in [-0.2, 0) is 30.8 Å². The fourth-order valence-corrected chi connectivity index (χ4v) is 3.54. The quantitative estimate of drug-likeness (QED) is 0.801. The van der Waals surface area contributed by atoms with Crippen LogP contribution in [0.5, 0.6) is 0 Å². The van der Waals surface area contributed by atoms with Gasteiger partial charge in [-0.1, -0.05) is 0 Å². The lowest BCUT2D eigenvalue weighted by atomic mass is 10.0. The van der Waals surface area contributed by atoms with Crippen molar-refractivity contribution in [2.24, 2.45) is 5.92 Å². The maximum atomic E-state index is 12.4. The summed E-state index contributed by atoms with van der Waals surface area (Å²) in [5.41, 5.74) is 1.35. The van der Waals surface area contributed by atoms with Gasteiger partial charge in [0.1, 0.15) is 6.10 Å². The number of ether oxygens (including phenoxy) is 1. The van der Waals surface area contributed by atoms with E-state index in [1.54, 1.807) is 6.07 Å². The van der Waals surface area contributed by atoms with Gasteiger partial charge in [0.25, 0.3) is 15.9 Å². The van der Waals surface area contributed by atoms with Crippen molar-refractivity contribution in [1.82, 2.24) is 4.72 Å². The molecule has 8 heteroatoms. The first-order chi connectivity index (χ1) is 11.3. The summed E-state index contributed by atoms with van der Waals surface area (Å²) in [6, 6.07) is 4.40. The molecule has 2 amide bonds. The summed E-state index contributed by atoms with van der Waals surface area (Å²) in [5, 5.41) is 2.69. The van der Waals surface area contributed by atoms with Crippen molar-refractivity contribution in [3.8, 4) is 0 Å². The molecule has 1 fully saturated rings. The number of hydrogen-bond acceptors (Lipinski definition) is 5. The Hall–Kier alpha value is -1.93. The molecule has 1 aliphatic heterocycles. The first kappa shape index (κ1) is 16.9. The van der Waals surface area contributed by atoms with Crippen LogP contribution in [0, 0.1) is 5.92 Å². The van der Waals surface area contributed by atoms with Gasteiger partial charge in [0.15, 0.2) is 0 Å². The molecule has 1 aromatic rings. The summed E-state index contributed by atoms with van der Waals surface area (Å²) in [6.45, 7) is 2.02. The summed E-state index contributed by atoms with van der Waals surface area (Å²) in [6.07, 6.45) is 2.16. The maximum absolute atomic E-state index is 12.4. The molecule has 3 rings (SSSR count). The fraction of sp³-hybridized carbons (Fsp3) is 0.500. The minimum atomic E-state index is -3.97. The van der Waals surface area contributed by atoms with E-state index in [1.165, 1.54) is 19.1 Å². The van der Waals surface area contributed by atoms with Gasteiger partial charge in [0.2, 0.25) is 5.91 Å². The monoisotopic (exact) mass is 352 g/mol. The first-order valence-electron chi connectivity index (χ1n) is 7.96. The second-order valence-electron chi connectivity index (χ2n) is 6.26. The number of aryl methyl sites for hydroxylation is 1. The number of rotatable bonds is 6. The highest BCUT2D eigenvalue weighted by molar-refractivity contribution is 7.90. The van der Waals surface area contributed by atoms with Gasteiger partial charge in [-0.05, 0) is 55.9 Å². The third kappa shape index (κ3) is 3.93. The highest BCUT2D eigenvalue weighted by Gasteiger charge is 2.27. The second kappa shape index (κ2) is 6.52. The first-order valence-corrected chi connectivity index (χ1v) is 9.44. The van der Waals surface area contributed by atoms with Crippen molar-refractivity contribution in [2.45, 2.75) is 43.6 Å². The topological polar surface area (TPSA) is 102 Å². The summed E-state index contributed by atoms with van der Waals surface area (Å²) in [7, 11) is -3.97. The molecule has 0 bridgehead atoms. The van der Waals surface area contributed by atoms with Crippen LogP contribution in [0.1, 0.15) is 31.7 Å². The van der Waals surface area contributed by atoms with Gasteiger partial charge in [-0.15, -0.1) is 0 Å². The van der Waals surface area contributed by atoms with Crippen LogP contribution in [0.25, 0.3) is 0 Å². The zero-order valence-corrected chi connectivity index (χ0v) is 14.2. The van der Waals surface area contributed by atoms with E-state index in [0.717, 1.165) is 18.4 Å². The molecular weight excluding hydrogens is 332 g/mol. The van der Waals surface area contributed by atoms with Gasteiger partial charge in [0, 0.05) is 12.1 Å². The number of hydrogen-bond donors (Lipinski definition) is 2. The van der Waals surface area contributed by atoms with Crippen molar-refractivity contribution < 1.29 is 22.7 Å². The van der Waals surface area contributed by atoms with Gasteiger partial charge >= 0.3 is 0 Å². The van der Waals surface area contributed by atoms with E-state index in [1.807, 2.05) is 0 Å². The Labute approximate surface area is 140 Å². The van der Waals surface area contributed by atoms with Crippen LogP contribution < -0.4 is 10.0 Å². The third-order valence-corrected chi connectivity index (χ3v) is 5.51. The van der Waals surface area contributed by atoms with Gasteiger partial charge < -0.3 is 10.1 Å². The highest BCUT2D eigenvalue weighted by atomic mass is 32.2. The molecular formula is C16H20N2O5S. The van der Waals surface area contributed by atoms with E-state index in [4.69, 9.17) is 4.74 Å². The predicted octanol–water partition coefficient (Wildman–Crippen LogP) is 1.19. The van der Waals surface area contributed by atoms with E-state index in [2.05, 4.69) is 10.0 Å². The Morgan fingerprint density at radius 1 is 1.38 bits per heavy atom. The zero-order valence-electron chi connectivity index (χ0n) is 13.4. The average Bonchev–Trinajstić information content (AvgIpc) is 3.35. The Kier molecular flexibility index (Phi) is 4.60. The minimum Gasteiger partial charge on any atom is -0.368 e. The number of benzene rings is 1. The molecule has 1 saturated carbocycles. The third-order valence-electron chi connectivity index (χ3n) is 4.17. The number of anilines is 1. The lowest BCUT2D eigenvalue weighted by Crippen LogP contribution is -2.39.